The SMILES string of the molecule is CNC(C)(C)C(=O)N1CCC(C(=O)O)CC1C. The minimum Gasteiger partial charge on any atom is -0.481 e. The van der Waals surface area contributed by atoms with Crippen molar-refractivity contribution < 1.29 is 14.7 Å². The van der Waals surface area contributed by atoms with Crippen molar-refractivity contribution in [2.75, 3.05) is 13.6 Å². The number of hydrogen-bond acceptors (Lipinski definition) is 3. The number of carboxylic acid groups (broad SMARTS) is 1. The van der Waals surface area contributed by atoms with Crippen LogP contribution in [-0.2, 0) is 9.59 Å². The fourth-order valence-electron chi connectivity index (χ4n) is 2.16. The lowest BCUT2D eigenvalue weighted by atomic mass is 9.90. The number of likely N-dealkylation sites (tertiary alicyclic amines) is 1. The summed E-state index contributed by atoms with van der Waals surface area (Å²) in [7, 11) is 1.76. The molecule has 0 aromatic rings. The van der Waals surface area contributed by atoms with Gasteiger partial charge in [0.2, 0.25) is 5.91 Å². The van der Waals surface area contributed by atoms with Gasteiger partial charge in [0.15, 0.2) is 0 Å². The van der Waals surface area contributed by atoms with Gasteiger partial charge in [0, 0.05) is 12.6 Å². The molecule has 1 rings (SSSR count). The van der Waals surface area contributed by atoms with E-state index in [0.29, 0.717) is 19.4 Å². The molecule has 0 bridgehead atoms. The second-order valence-electron chi connectivity index (χ2n) is 5.28. The van der Waals surface area contributed by atoms with Crippen molar-refractivity contribution in [3.8, 4) is 0 Å². The minimum absolute atomic E-state index is 0.00928. The minimum atomic E-state index is -0.753. The summed E-state index contributed by atoms with van der Waals surface area (Å²) in [6.07, 6.45) is 1.09. The van der Waals surface area contributed by atoms with Crippen LogP contribution in [0.5, 0.6) is 0 Å². The molecule has 1 aliphatic heterocycles. The number of likely N-dealkylation sites (N-methyl/N-ethyl adjacent to an activating group) is 1. The van der Waals surface area contributed by atoms with E-state index in [4.69, 9.17) is 5.11 Å². The highest BCUT2D eigenvalue weighted by Gasteiger charge is 2.37. The zero-order valence-corrected chi connectivity index (χ0v) is 11.0. The van der Waals surface area contributed by atoms with E-state index in [1.807, 2.05) is 20.8 Å². The molecule has 1 heterocycles. The number of piperidine rings is 1. The highest BCUT2D eigenvalue weighted by atomic mass is 16.4. The summed E-state index contributed by atoms with van der Waals surface area (Å²) in [5.74, 6) is -1.03. The van der Waals surface area contributed by atoms with Crippen molar-refractivity contribution in [2.45, 2.75) is 45.2 Å². The first kappa shape index (κ1) is 14.0. The van der Waals surface area contributed by atoms with E-state index < -0.39 is 11.5 Å². The van der Waals surface area contributed by atoms with Crippen LogP contribution >= 0.6 is 0 Å². The van der Waals surface area contributed by atoms with Crippen LogP contribution in [0.2, 0.25) is 0 Å². The van der Waals surface area contributed by atoms with Crippen molar-refractivity contribution in [3.63, 3.8) is 0 Å². The highest BCUT2D eigenvalue weighted by Crippen LogP contribution is 2.25. The smallest absolute Gasteiger partial charge is 0.306 e. The maximum atomic E-state index is 12.3. The second-order valence-corrected chi connectivity index (χ2v) is 5.28. The Bertz CT molecular complexity index is 315. The molecule has 1 aliphatic rings. The van der Waals surface area contributed by atoms with Crippen LogP contribution in [0.1, 0.15) is 33.6 Å². The third-order valence-corrected chi connectivity index (χ3v) is 3.65. The summed E-state index contributed by atoms with van der Waals surface area (Å²) in [6, 6.07) is -0.00928. The van der Waals surface area contributed by atoms with E-state index in [0.717, 1.165) is 0 Å². The topological polar surface area (TPSA) is 69.6 Å². The Morgan fingerprint density at radius 3 is 2.41 bits per heavy atom. The first-order valence-corrected chi connectivity index (χ1v) is 6.02. The van der Waals surface area contributed by atoms with Crippen molar-refractivity contribution in [2.24, 2.45) is 5.92 Å². The molecule has 5 heteroatoms. The van der Waals surface area contributed by atoms with Gasteiger partial charge in [-0.15, -0.1) is 0 Å². The Hall–Kier alpha value is -1.10. The maximum absolute atomic E-state index is 12.3. The average molecular weight is 242 g/mol. The number of nitrogens with zero attached hydrogens (tertiary/aromatic N) is 1. The van der Waals surface area contributed by atoms with Crippen LogP contribution in [0, 0.1) is 5.92 Å². The maximum Gasteiger partial charge on any atom is 0.306 e. The molecule has 5 nitrogen and oxygen atoms in total. The normalized spacial score (nSPS) is 25.8. The van der Waals surface area contributed by atoms with E-state index in [1.54, 1.807) is 11.9 Å². The molecular weight excluding hydrogens is 220 g/mol. The summed E-state index contributed by atoms with van der Waals surface area (Å²) in [4.78, 5) is 25.0. The zero-order valence-electron chi connectivity index (χ0n) is 11.0. The summed E-state index contributed by atoms with van der Waals surface area (Å²) in [5, 5.41) is 12.0. The van der Waals surface area contributed by atoms with Gasteiger partial charge in [0.1, 0.15) is 0 Å². The molecule has 98 valence electrons. The van der Waals surface area contributed by atoms with Gasteiger partial charge < -0.3 is 15.3 Å². The van der Waals surface area contributed by atoms with Crippen molar-refractivity contribution in [1.29, 1.82) is 0 Å². The summed E-state index contributed by atoms with van der Waals surface area (Å²) >= 11 is 0. The molecule has 1 saturated heterocycles. The van der Waals surface area contributed by atoms with Gasteiger partial charge >= 0.3 is 5.97 Å². The number of hydrogen-bond donors (Lipinski definition) is 2. The van der Waals surface area contributed by atoms with Crippen LogP contribution in [0.25, 0.3) is 0 Å². The van der Waals surface area contributed by atoms with Gasteiger partial charge in [-0.25, -0.2) is 0 Å². The van der Waals surface area contributed by atoms with E-state index >= 15 is 0 Å². The molecule has 1 amide bonds. The van der Waals surface area contributed by atoms with Crippen LogP contribution in [0.15, 0.2) is 0 Å². The van der Waals surface area contributed by atoms with E-state index in [1.165, 1.54) is 0 Å². The number of nitrogens with one attached hydrogen (secondary N) is 1. The molecule has 0 aromatic heterocycles. The lowest BCUT2D eigenvalue weighted by Crippen LogP contribution is -2.57. The van der Waals surface area contributed by atoms with Gasteiger partial charge in [-0.3, -0.25) is 9.59 Å². The summed E-state index contributed by atoms with van der Waals surface area (Å²) in [6.45, 7) is 6.12. The van der Waals surface area contributed by atoms with Crippen LogP contribution in [-0.4, -0.2) is 47.1 Å². The van der Waals surface area contributed by atoms with Crippen LogP contribution < -0.4 is 5.32 Å². The fourth-order valence-corrected chi connectivity index (χ4v) is 2.16. The quantitative estimate of drug-likeness (QED) is 0.764. The van der Waals surface area contributed by atoms with Gasteiger partial charge in [0.25, 0.3) is 0 Å². The molecule has 1 fully saturated rings. The molecule has 2 atom stereocenters. The van der Waals surface area contributed by atoms with Gasteiger partial charge in [-0.2, -0.15) is 0 Å². The van der Waals surface area contributed by atoms with Gasteiger partial charge in [-0.05, 0) is 40.7 Å². The summed E-state index contributed by atoms with van der Waals surface area (Å²) < 4.78 is 0. The Labute approximate surface area is 102 Å². The number of carbonyl (C=O) groups is 2. The molecule has 0 spiro atoms. The fraction of sp³-hybridized carbons (Fsp3) is 0.833. The first-order chi connectivity index (χ1) is 7.79. The Balaban J connectivity index is 2.70. The molecule has 0 aliphatic carbocycles. The largest absolute Gasteiger partial charge is 0.481 e. The molecule has 2 N–H and O–H groups in total. The second kappa shape index (κ2) is 5.04. The predicted octanol–water partition coefficient (Wildman–Crippen LogP) is 0.696. The zero-order chi connectivity index (χ0) is 13.2. The van der Waals surface area contributed by atoms with Crippen molar-refractivity contribution in [1.82, 2.24) is 10.2 Å². The number of carbonyl (C=O) groups excluding carboxylic acids is 1. The van der Waals surface area contributed by atoms with E-state index in [2.05, 4.69) is 5.32 Å². The van der Waals surface area contributed by atoms with Crippen molar-refractivity contribution in [3.05, 3.63) is 0 Å². The molecule has 2 unspecified atom stereocenters. The molecule has 0 radical (unpaired) electrons. The molecule has 17 heavy (non-hydrogen) atoms. The highest BCUT2D eigenvalue weighted by molar-refractivity contribution is 5.86. The van der Waals surface area contributed by atoms with Gasteiger partial charge in [0.05, 0.1) is 11.5 Å². The first-order valence-electron chi connectivity index (χ1n) is 6.02. The predicted molar refractivity (Wildman–Crippen MR) is 64.7 cm³/mol. The summed E-state index contributed by atoms with van der Waals surface area (Å²) in [5.41, 5.74) is -0.593. The number of rotatable bonds is 3. The number of amides is 1. The van der Waals surface area contributed by atoms with E-state index in [9.17, 15) is 9.59 Å². The standard InChI is InChI=1S/C12H22N2O3/c1-8-7-9(10(15)16)5-6-14(8)11(17)12(2,3)13-4/h8-9,13H,5-7H2,1-4H3,(H,15,16). The average Bonchev–Trinajstić information content (AvgIpc) is 2.27. The Kier molecular flexibility index (Phi) is 4.14. The lowest BCUT2D eigenvalue weighted by Gasteiger charge is -2.40. The lowest BCUT2D eigenvalue weighted by molar-refractivity contribution is -0.149. The van der Waals surface area contributed by atoms with Crippen LogP contribution in [0.3, 0.4) is 0 Å². The monoisotopic (exact) mass is 242 g/mol. The van der Waals surface area contributed by atoms with Crippen molar-refractivity contribution >= 4 is 11.9 Å². The third-order valence-electron chi connectivity index (χ3n) is 3.65. The Morgan fingerprint density at radius 1 is 1.41 bits per heavy atom. The van der Waals surface area contributed by atoms with E-state index in [-0.39, 0.29) is 17.9 Å². The third kappa shape index (κ3) is 2.97. The van der Waals surface area contributed by atoms with Crippen LogP contribution in [0.4, 0.5) is 0 Å². The molecule has 0 saturated carbocycles. The van der Waals surface area contributed by atoms with Gasteiger partial charge in [-0.1, -0.05) is 0 Å². The molecular formula is C12H22N2O3. The number of aliphatic carboxylic acids is 1. The molecule has 0 aromatic carbocycles. The number of carboxylic acids is 1. The Morgan fingerprint density at radius 2 is 2.00 bits per heavy atom.